The van der Waals surface area contributed by atoms with Gasteiger partial charge in [-0.2, -0.15) is 0 Å². The van der Waals surface area contributed by atoms with Crippen LogP contribution in [0.15, 0.2) is 22.0 Å². The fourth-order valence-corrected chi connectivity index (χ4v) is 3.04. The molecule has 0 amide bonds. The lowest BCUT2D eigenvalue weighted by Gasteiger charge is -1.94. The summed E-state index contributed by atoms with van der Waals surface area (Å²) in [6, 6.07) is 0. The molecule has 0 fully saturated rings. The molecular formula is C18H40S4. The van der Waals surface area contributed by atoms with Crippen molar-refractivity contribution >= 4 is 57.7 Å². The van der Waals surface area contributed by atoms with E-state index in [1.54, 1.807) is 0 Å². The van der Waals surface area contributed by atoms with E-state index in [0.29, 0.717) is 0 Å². The molecule has 0 aliphatic heterocycles. The predicted octanol–water partition coefficient (Wildman–Crippen LogP) is 8.61. The first-order chi connectivity index (χ1) is 8.33. The maximum atomic E-state index is 4.90. The van der Waals surface area contributed by atoms with E-state index in [4.69, 9.17) is 24.4 Å². The Morgan fingerprint density at radius 1 is 0.682 bits per heavy atom. The van der Waals surface area contributed by atoms with Crippen LogP contribution in [0.2, 0.25) is 0 Å². The second-order valence-corrected chi connectivity index (χ2v) is 7.91. The van der Waals surface area contributed by atoms with E-state index in [1.807, 2.05) is 49.5 Å². The normalized spacial score (nSPS) is 9.55. The third kappa shape index (κ3) is 37.0. The largest absolute Gasteiger partial charge is 0.131 e. The lowest BCUT2D eigenvalue weighted by atomic mass is 10.4. The summed E-state index contributed by atoms with van der Waals surface area (Å²) in [5.41, 5.74) is 0. The standard InChI is InChI=1S/2C7H12S2.4CH4/c2*1-4-9-7(3)5-6(2)8;;;;/h2*5H,4H2,1-3H3;4*1H4. The Kier molecular flexibility index (Phi) is 45.5. The van der Waals surface area contributed by atoms with E-state index < -0.39 is 0 Å². The van der Waals surface area contributed by atoms with Crippen molar-refractivity contribution in [2.75, 3.05) is 11.5 Å². The molecule has 0 spiro atoms. The lowest BCUT2D eigenvalue weighted by molar-refractivity contribution is 1.52. The maximum absolute atomic E-state index is 4.90. The first-order valence-electron chi connectivity index (χ1n) is 5.96. The Balaban J connectivity index is -0.0000000492. The quantitative estimate of drug-likeness (QED) is 0.332. The van der Waals surface area contributed by atoms with Gasteiger partial charge in [0.15, 0.2) is 0 Å². The molecular weight excluding hydrogens is 344 g/mol. The smallest absolute Gasteiger partial charge is 0.0129 e. The van der Waals surface area contributed by atoms with Crippen LogP contribution in [0.1, 0.15) is 71.2 Å². The van der Waals surface area contributed by atoms with Gasteiger partial charge in [-0.25, -0.2) is 0 Å². The molecule has 0 aliphatic carbocycles. The Morgan fingerprint density at radius 2 is 0.909 bits per heavy atom. The number of hydrogen-bond donors (Lipinski definition) is 0. The molecule has 0 aliphatic rings. The van der Waals surface area contributed by atoms with E-state index in [9.17, 15) is 0 Å². The number of hydrogen-bond acceptors (Lipinski definition) is 4. The van der Waals surface area contributed by atoms with Gasteiger partial charge < -0.3 is 0 Å². The third-order valence-electron chi connectivity index (χ3n) is 1.56. The summed E-state index contributed by atoms with van der Waals surface area (Å²) in [4.78, 5) is 4.55. The van der Waals surface area contributed by atoms with Gasteiger partial charge in [0.05, 0.1) is 0 Å². The highest BCUT2D eigenvalue weighted by Gasteiger charge is 1.87. The fraction of sp³-hybridized carbons (Fsp3) is 0.667. The zero-order valence-corrected chi connectivity index (χ0v) is 15.5. The zero-order chi connectivity index (χ0) is 14.6. The molecule has 136 valence electrons. The summed E-state index contributed by atoms with van der Waals surface area (Å²) in [6.45, 7) is 12.3. The fourth-order valence-electron chi connectivity index (χ4n) is 1.11. The molecule has 0 bridgehead atoms. The maximum Gasteiger partial charge on any atom is 0.0129 e. The van der Waals surface area contributed by atoms with Gasteiger partial charge in [0.2, 0.25) is 0 Å². The molecule has 0 rings (SSSR count). The molecule has 0 saturated carbocycles. The van der Waals surface area contributed by atoms with E-state index >= 15 is 0 Å². The predicted molar refractivity (Wildman–Crippen MR) is 127 cm³/mol. The average molecular weight is 385 g/mol. The van der Waals surface area contributed by atoms with Gasteiger partial charge in [0.25, 0.3) is 0 Å². The zero-order valence-electron chi connectivity index (χ0n) is 12.2. The molecule has 4 heteroatoms. The lowest BCUT2D eigenvalue weighted by Crippen LogP contribution is -1.78. The van der Waals surface area contributed by atoms with Crippen LogP contribution >= 0.6 is 48.0 Å². The number of allylic oxidation sites excluding steroid dienone is 4. The molecule has 22 heavy (non-hydrogen) atoms. The minimum Gasteiger partial charge on any atom is -0.131 e. The van der Waals surface area contributed by atoms with E-state index in [1.165, 1.54) is 9.81 Å². The summed E-state index contributed by atoms with van der Waals surface area (Å²) in [6.07, 6.45) is 4.06. The van der Waals surface area contributed by atoms with E-state index in [2.05, 4.69) is 27.7 Å². The molecule has 0 aromatic heterocycles. The number of thiocarbonyl (C=S) groups is 2. The molecule has 0 heterocycles. The van der Waals surface area contributed by atoms with Gasteiger partial charge in [-0.1, -0.05) is 68.0 Å². The number of rotatable bonds is 6. The monoisotopic (exact) mass is 384 g/mol. The van der Waals surface area contributed by atoms with Crippen molar-refractivity contribution in [2.24, 2.45) is 0 Å². The van der Waals surface area contributed by atoms with Gasteiger partial charge >= 0.3 is 0 Å². The van der Waals surface area contributed by atoms with Crippen molar-refractivity contribution in [1.29, 1.82) is 0 Å². The van der Waals surface area contributed by atoms with Crippen LogP contribution < -0.4 is 0 Å². The molecule has 0 saturated heterocycles. The number of thioether (sulfide) groups is 2. The third-order valence-corrected chi connectivity index (χ3v) is 3.52. The Bertz CT molecular complexity index is 283. The van der Waals surface area contributed by atoms with Crippen molar-refractivity contribution in [3.8, 4) is 0 Å². The van der Waals surface area contributed by atoms with Crippen molar-refractivity contribution < 1.29 is 0 Å². The highest BCUT2D eigenvalue weighted by Crippen LogP contribution is 2.13. The van der Waals surface area contributed by atoms with Gasteiger partial charge in [-0.15, -0.1) is 23.5 Å². The van der Waals surface area contributed by atoms with E-state index in [-0.39, 0.29) is 29.7 Å². The summed E-state index contributed by atoms with van der Waals surface area (Å²) in [7, 11) is 0. The Morgan fingerprint density at radius 3 is 1.05 bits per heavy atom. The first kappa shape index (κ1) is 38.1. The molecule has 0 N–H and O–H groups in total. The van der Waals surface area contributed by atoms with Crippen molar-refractivity contribution in [1.82, 2.24) is 0 Å². The topological polar surface area (TPSA) is 0 Å². The van der Waals surface area contributed by atoms with Crippen molar-refractivity contribution in [2.45, 2.75) is 71.2 Å². The van der Waals surface area contributed by atoms with Gasteiger partial charge in [0.1, 0.15) is 0 Å². The minimum absolute atomic E-state index is 0. The Hall–Kier alpha value is 0.360. The van der Waals surface area contributed by atoms with Crippen LogP contribution in [-0.2, 0) is 0 Å². The summed E-state index contributed by atoms with van der Waals surface area (Å²) in [5.74, 6) is 2.26. The molecule has 0 aromatic carbocycles. The molecule has 0 radical (unpaired) electrons. The van der Waals surface area contributed by atoms with Gasteiger partial charge in [-0.05, 0) is 61.2 Å². The summed E-state index contributed by atoms with van der Waals surface area (Å²) >= 11 is 13.5. The van der Waals surface area contributed by atoms with Crippen molar-refractivity contribution in [3.63, 3.8) is 0 Å². The van der Waals surface area contributed by atoms with Gasteiger partial charge in [-0.3, -0.25) is 0 Å². The van der Waals surface area contributed by atoms with Crippen LogP contribution in [0.3, 0.4) is 0 Å². The van der Waals surface area contributed by atoms with Crippen LogP contribution in [0, 0.1) is 0 Å². The van der Waals surface area contributed by atoms with Gasteiger partial charge in [0, 0.05) is 9.73 Å². The highest BCUT2D eigenvalue weighted by atomic mass is 32.2. The van der Waals surface area contributed by atoms with E-state index in [0.717, 1.165) is 21.2 Å². The summed E-state index contributed by atoms with van der Waals surface area (Å²) in [5, 5.41) is 0. The van der Waals surface area contributed by atoms with Crippen LogP contribution in [0.4, 0.5) is 0 Å². The second kappa shape index (κ2) is 26.3. The first-order valence-corrected chi connectivity index (χ1v) is 8.75. The second-order valence-electron chi connectivity index (χ2n) is 3.60. The minimum atomic E-state index is 0. The molecule has 0 atom stereocenters. The van der Waals surface area contributed by atoms with Crippen LogP contribution in [0.5, 0.6) is 0 Å². The van der Waals surface area contributed by atoms with Crippen LogP contribution in [0.25, 0.3) is 0 Å². The molecule has 0 nitrogen and oxygen atoms in total. The molecule has 0 aromatic rings. The highest BCUT2D eigenvalue weighted by molar-refractivity contribution is 8.03. The molecule has 0 unspecified atom stereocenters. The van der Waals surface area contributed by atoms with Crippen LogP contribution in [-0.4, -0.2) is 21.2 Å². The van der Waals surface area contributed by atoms with Crippen molar-refractivity contribution in [3.05, 3.63) is 22.0 Å². The summed E-state index contributed by atoms with van der Waals surface area (Å²) < 4.78 is 0. The Labute approximate surface area is 162 Å². The average Bonchev–Trinajstić information content (AvgIpc) is 2.16. The SMILES string of the molecule is C.C.C.C.CCSC(C)=CC(C)=S.CCSC(C)=CC(C)=S.